The summed E-state index contributed by atoms with van der Waals surface area (Å²) >= 11 is 1.83. The number of thiophene rings is 1. The zero-order chi connectivity index (χ0) is 13.7. The first kappa shape index (κ1) is 13.8. The van der Waals surface area contributed by atoms with Gasteiger partial charge < -0.3 is 10.6 Å². The predicted octanol–water partition coefficient (Wildman–Crippen LogP) is 3.16. The molecule has 0 radical (unpaired) electrons. The van der Waals surface area contributed by atoms with Gasteiger partial charge in [0.2, 0.25) is 0 Å². The van der Waals surface area contributed by atoms with Crippen molar-refractivity contribution in [3.05, 3.63) is 58.3 Å². The highest BCUT2D eigenvalue weighted by Crippen LogP contribution is 2.32. The minimum absolute atomic E-state index is 0.295. The molecule has 0 bridgehead atoms. The lowest BCUT2D eigenvalue weighted by atomic mass is 9.73. The maximum Gasteiger partial charge on any atom is 0.0300 e. The molecule has 1 saturated heterocycles. The van der Waals surface area contributed by atoms with Crippen molar-refractivity contribution in [2.45, 2.75) is 24.8 Å². The van der Waals surface area contributed by atoms with Crippen molar-refractivity contribution < 1.29 is 0 Å². The van der Waals surface area contributed by atoms with Gasteiger partial charge in [-0.05, 0) is 42.9 Å². The van der Waals surface area contributed by atoms with Gasteiger partial charge in [-0.1, -0.05) is 36.4 Å². The molecule has 1 aromatic carbocycles. The maximum absolute atomic E-state index is 3.68. The van der Waals surface area contributed by atoms with Gasteiger partial charge >= 0.3 is 0 Å². The zero-order valence-electron chi connectivity index (χ0n) is 11.8. The molecule has 2 nitrogen and oxygen atoms in total. The average molecular weight is 286 g/mol. The van der Waals surface area contributed by atoms with Crippen LogP contribution in [0.2, 0.25) is 0 Å². The van der Waals surface area contributed by atoms with Gasteiger partial charge in [0.15, 0.2) is 0 Å². The standard InChI is InChI=1S/C17H22N2S/c1-2-5-15(6-3-1)17(8-10-18-11-9-17)14-19-13-16-7-4-12-20-16/h1-7,12,18-19H,8-11,13-14H2. The largest absolute Gasteiger partial charge is 0.317 e. The molecule has 3 heteroatoms. The van der Waals surface area contributed by atoms with E-state index in [4.69, 9.17) is 0 Å². The van der Waals surface area contributed by atoms with Crippen LogP contribution in [0.15, 0.2) is 47.8 Å². The normalized spacial score (nSPS) is 18.0. The molecule has 1 aromatic heterocycles. The van der Waals surface area contributed by atoms with E-state index >= 15 is 0 Å². The van der Waals surface area contributed by atoms with Crippen molar-refractivity contribution in [3.8, 4) is 0 Å². The summed E-state index contributed by atoms with van der Waals surface area (Å²) in [5.41, 5.74) is 1.78. The Bertz CT molecular complexity index is 501. The fourth-order valence-corrected chi connectivity index (χ4v) is 3.78. The molecule has 2 heterocycles. The lowest BCUT2D eigenvalue weighted by Gasteiger charge is -2.38. The summed E-state index contributed by atoms with van der Waals surface area (Å²) in [6, 6.07) is 15.3. The van der Waals surface area contributed by atoms with E-state index in [1.165, 1.54) is 23.3 Å². The van der Waals surface area contributed by atoms with Gasteiger partial charge in [-0.3, -0.25) is 0 Å². The van der Waals surface area contributed by atoms with Gasteiger partial charge in [0.25, 0.3) is 0 Å². The van der Waals surface area contributed by atoms with Gasteiger partial charge in [-0.25, -0.2) is 0 Å². The number of piperidine rings is 1. The highest BCUT2D eigenvalue weighted by molar-refractivity contribution is 7.09. The molecule has 106 valence electrons. The molecule has 2 aromatic rings. The van der Waals surface area contributed by atoms with Crippen LogP contribution >= 0.6 is 11.3 Å². The van der Waals surface area contributed by atoms with Crippen LogP contribution in [-0.2, 0) is 12.0 Å². The number of benzene rings is 1. The van der Waals surface area contributed by atoms with Crippen LogP contribution in [0.1, 0.15) is 23.3 Å². The second-order valence-corrected chi connectivity index (χ2v) is 6.61. The van der Waals surface area contributed by atoms with Crippen LogP contribution in [0, 0.1) is 0 Å². The van der Waals surface area contributed by atoms with E-state index in [0.717, 1.165) is 26.2 Å². The van der Waals surface area contributed by atoms with Crippen molar-refractivity contribution in [3.63, 3.8) is 0 Å². The van der Waals surface area contributed by atoms with Gasteiger partial charge in [0, 0.05) is 23.4 Å². The van der Waals surface area contributed by atoms with E-state index in [2.05, 4.69) is 58.5 Å². The molecular formula is C17H22N2S. The van der Waals surface area contributed by atoms with Crippen molar-refractivity contribution >= 4 is 11.3 Å². The third kappa shape index (κ3) is 3.11. The molecule has 1 aliphatic heterocycles. The Morgan fingerprint density at radius 1 is 1.05 bits per heavy atom. The molecule has 0 saturated carbocycles. The van der Waals surface area contributed by atoms with Crippen LogP contribution in [-0.4, -0.2) is 19.6 Å². The molecule has 0 unspecified atom stereocenters. The number of nitrogens with one attached hydrogen (secondary N) is 2. The SMILES string of the molecule is c1ccc(C2(CNCc3cccs3)CCNCC2)cc1. The Kier molecular flexibility index (Phi) is 4.51. The van der Waals surface area contributed by atoms with Gasteiger partial charge in [-0.15, -0.1) is 11.3 Å². The first-order valence-corrected chi connectivity index (χ1v) is 8.26. The Balaban J connectivity index is 1.69. The first-order valence-electron chi connectivity index (χ1n) is 7.38. The van der Waals surface area contributed by atoms with E-state index in [1.54, 1.807) is 0 Å². The summed E-state index contributed by atoms with van der Waals surface area (Å²) in [6.07, 6.45) is 2.43. The first-order chi connectivity index (χ1) is 9.89. The highest BCUT2D eigenvalue weighted by Gasteiger charge is 2.33. The monoisotopic (exact) mass is 286 g/mol. The molecule has 1 aliphatic rings. The van der Waals surface area contributed by atoms with Crippen LogP contribution in [0.25, 0.3) is 0 Å². The molecule has 0 atom stereocenters. The zero-order valence-corrected chi connectivity index (χ0v) is 12.6. The van der Waals surface area contributed by atoms with Gasteiger partial charge in [-0.2, -0.15) is 0 Å². The Morgan fingerprint density at radius 3 is 2.55 bits per heavy atom. The summed E-state index contributed by atoms with van der Waals surface area (Å²) < 4.78 is 0. The average Bonchev–Trinajstić information content (AvgIpc) is 3.02. The molecule has 1 fully saturated rings. The van der Waals surface area contributed by atoms with Crippen LogP contribution in [0.4, 0.5) is 0 Å². The Morgan fingerprint density at radius 2 is 1.85 bits per heavy atom. The molecular weight excluding hydrogens is 264 g/mol. The second-order valence-electron chi connectivity index (χ2n) is 5.58. The summed E-state index contributed by atoms with van der Waals surface area (Å²) in [6.45, 7) is 4.29. The minimum Gasteiger partial charge on any atom is -0.317 e. The minimum atomic E-state index is 0.295. The Hall–Kier alpha value is -1.16. The van der Waals surface area contributed by atoms with Crippen LogP contribution < -0.4 is 10.6 Å². The van der Waals surface area contributed by atoms with E-state index in [0.29, 0.717) is 5.41 Å². The fourth-order valence-electron chi connectivity index (χ4n) is 3.10. The molecule has 20 heavy (non-hydrogen) atoms. The Labute approximate surface area is 125 Å². The van der Waals surface area contributed by atoms with E-state index in [1.807, 2.05) is 11.3 Å². The van der Waals surface area contributed by atoms with Gasteiger partial charge in [0.05, 0.1) is 0 Å². The number of hydrogen-bond acceptors (Lipinski definition) is 3. The quantitative estimate of drug-likeness (QED) is 0.882. The maximum atomic E-state index is 3.68. The summed E-state index contributed by atoms with van der Waals surface area (Å²) in [5.74, 6) is 0. The highest BCUT2D eigenvalue weighted by atomic mass is 32.1. The predicted molar refractivity (Wildman–Crippen MR) is 86.2 cm³/mol. The summed E-state index contributed by atoms with van der Waals surface area (Å²) in [4.78, 5) is 1.42. The van der Waals surface area contributed by atoms with Crippen molar-refractivity contribution in [1.82, 2.24) is 10.6 Å². The van der Waals surface area contributed by atoms with Crippen molar-refractivity contribution in [1.29, 1.82) is 0 Å². The number of hydrogen-bond donors (Lipinski definition) is 2. The summed E-state index contributed by atoms with van der Waals surface area (Å²) in [7, 11) is 0. The third-order valence-corrected chi connectivity index (χ3v) is 5.17. The van der Waals surface area contributed by atoms with Crippen molar-refractivity contribution in [2.75, 3.05) is 19.6 Å². The van der Waals surface area contributed by atoms with Gasteiger partial charge in [0.1, 0.15) is 0 Å². The molecule has 3 rings (SSSR count). The van der Waals surface area contributed by atoms with Crippen LogP contribution in [0.5, 0.6) is 0 Å². The smallest absolute Gasteiger partial charge is 0.0300 e. The number of rotatable bonds is 5. The molecule has 2 N–H and O–H groups in total. The summed E-state index contributed by atoms with van der Waals surface area (Å²) in [5, 5.41) is 9.31. The second kappa shape index (κ2) is 6.53. The van der Waals surface area contributed by atoms with E-state index in [-0.39, 0.29) is 0 Å². The molecule has 0 aliphatic carbocycles. The topological polar surface area (TPSA) is 24.1 Å². The lowest BCUT2D eigenvalue weighted by Crippen LogP contribution is -2.46. The third-order valence-electron chi connectivity index (χ3n) is 4.29. The lowest BCUT2D eigenvalue weighted by molar-refractivity contribution is 0.293. The fraction of sp³-hybridized carbons (Fsp3) is 0.412. The molecule has 0 amide bonds. The van der Waals surface area contributed by atoms with E-state index < -0.39 is 0 Å². The molecule has 0 spiro atoms. The van der Waals surface area contributed by atoms with E-state index in [9.17, 15) is 0 Å². The van der Waals surface area contributed by atoms with Crippen molar-refractivity contribution in [2.24, 2.45) is 0 Å². The van der Waals surface area contributed by atoms with Crippen LogP contribution in [0.3, 0.4) is 0 Å².